The first-order valence-corrected chi connectivity index (χ1v) is 3.32. The van der Waals surface area contributed by atoms with E-state index in [-0.39, 0.29) is 11.8 Å². The van der Waals surface area contributed by atoms with Crippen molar-refractivity contribution in [1.82, 2.24) is 4.98 Å². The van der Waals surface area contributed by atoms with Gasteiger partial charge in [0.05, 0.1) is 1.37 Å². The zero-order valence-corrected chi connectivity index (χ0v) is 5.78. The second kappa shape index (κ2) is 2.23. The predicted octanol–water partition coefficient (Wildman–Crippen LogP) is 1.94. The smallest absolute Gasteiger partial charge is 0.141 e. The molecule has 54 valence electrons. The fourth-order valence-corrected chi connectivity index (χ4v) is 1.03. The normalized spacial score (nSPS) is 11.5. The number of pyridine rings is 1. The number of para-hydroxylation sites is 1. The van der Waals surface area contributed by atoms with Crippen molar-refractivity contribution in [2.45, 2.75) is 0 Å². The van der Waals surface area contributed by atoms with Crippen molar-refractivity contribution in [1.29, 1.82) is 0 Å². The fourth-order valence-electron chi connectivity index (χ4n) is 1.03. The third kappa shape index (κ3) is 0.923. The Morgan fingerprint density at radius 3 is 3.09 bits per heavy atom. The zero-order chi connectivity index (χ0) is 8.55. The molecule has 0 fully saturated rings. The molecule has 2 heteroatoms. The Labute approximate surface area is 65.5 Å². The van der Waals surface area contributed by atoms with Gasteiger partial charge >= 0.3 is 0 Å². The number of fused-ring (bicyclic) bond motifs is 1. The van der Waals surface area contributed by atoms with Crippen molar-refractivity contribution in [3.63, 3.8) is 0 Å². The summed E-state index contributed by atoms with van der Waals surface area (Å²) in [6, 6.07) is 7.08. The average molecular weight is 146 g/mol. The number of phenols is 1. The van der Waals surface area contributed by atoms with Gasteiger partial charge in [0.15, 0.2) is 0 Å². The maximum Gasteiger partial charge on any atom is 0.141 e. The molecular formula is C9H7NO. The van der Waals surface area contributed by atoms with Gasteiger partial charge in [0.1, 0.15) is 11.3 Å². The van der Waals surface area contributed by atoms with E-state index in [4.69, 9.17) is 1.37 Å². The van der Waals surface area contributed by atoms with Crippen LogP contribution in [-0.2, 0) is 0 Å². The summed E-state index contributed by atoms with van der Waals surface area (Å²) < 4.78 is 7.31. The number of hydrogen-bond donors (Lipinski definition) is 1. The molecule has 11 heavy (non-hydrogen) atoms. The van der Waals surface area contributed by atoms with Gasteiger partial charge < -0.3 is 5.11 Å². The van der Waals surface area contributed by atoms with E-state index in [0.717, 1.165) is 5.39 Å². The Bertz CT molecular complexity index is 428. The lowest BCUT2D eigenvalue weighted by atomic mass is 10.2. The topological polar surface area (TPSA) is 33.1 Å². The summed E-state index contributed by atoms with van der Waals surface area (Å²) >= 11 is 0. The minimum atomic E-state index is -0.0481. The van der Waals surface area contributed by atoms with Gasteiger partial charge in [0.25, 0.3) is 0 Å². The van der Waals surface area contributed by atoms with E-state index >= 15 is 0 Å². The van der Waals surface area contributed by atoms with Crippen LogP contribution in [0.3, 0.4) is 0 Å². The van der Waals surface area contributed by atoms with E-state index in [1.165, 1.54) is 0 Å². The van der Waals surface area contributed by atoms with Crippen LogP contribution in [0.4, 0.5) is 0 Å². The first-order chi connectivity index (χ1) is 5.79. The highest BCUT2D eigenvalue weighted by Crippen LogP contribution is 2.20. The van der Waals surface area contributed by atoms with E-state index in [9.17, 15) is 5.11 Å². The van der Waals surface area contributed by atoms with Crippen LogP contribution in [-0.4, -0.2) is 10.1 Å². The molecule has 0 aliphatic carbocycles. The maximum absolute atomic E-state index is 9.41. The molecule has 0 unspecified atom stereocenters. The van der Waals surface area contributed by atoms with Crippen molar-refractivity contribution in [3.05, 3.63) is 36.5 Å². The largest absolute Gasteiger partial charge is 0.506 e. The lowest BCUT2D eigenvalue weighted by Gasteiger charge is -1.96. The van der Waals surface area contributed by atoms with Crippen LogP contribution in [0.25, 0.3) is 10.9 Å². The van der Waals surface area contributed by atoms with Gasteiger partial charge in [-0.3, -0.25) is 4.98 Å². The number of hydrogen-bond acceptors (Lipinski definition) is 2. The summed E-state index contributed by atoms with van der Waals surface area (Å²) in [5.41, 5.74) is 0.491. The summed E-state index contributed by atoms with van der Waals surface area (Å²) in [6.07, 6.45) is 1.60. The third-order valence-corrected chi connectivity index (χ3v) is 1.55. The highest BCUT2D eigenvalue weighted by Gasteiger charge is 1.96. The van der Waals surface area contributed by atoms with Crippen LogP contribution in [0.2, 0.25) is 0 Å². The number of nitrogens with zero attached hydrogens (tertiary/aromatic N) is 1. The van der Waals surface area contributed by atoms with E-state index in [0.29, 0.717) is 5.52 Å². The molecule has 0 saturated carbocycles. The standard InChI is InChI=1S/C9H7NO/c11-8-5-1-3-7-4-2-6-10-9(7)8/h1-6,11H/i5D. The molecule has 0 aliphatic heterocycles. The third-order valence-electron chi connectivity index (χ3n) is 1.55. The molecule has 0 aliphatic rings. The Balaban J connectivity index is 2.91. The molecular weight excluding hydrogens is 138 g/mol. The zero-order valence-electron chi connectivity index (χ0n) is 6.78. The first-order valence-electron chi connectivity index (χ1n) is 3.82. The number of aromatic nitrogens is 1. The summed E-state index contributed by atoms with van der Waals surface area (Å²) in [7, 11) is 0. The van der Waals surface area contributed by atoms with Crippen LogP contribution in [0.1, 0.15) is 1.37 Å². The summed E-state index contributed by atoms with van der Waals surface area (Å²) in [4.78, 5) is 3.97. The molecule has 0 saturated heterocycles. The molecule has 0 atom stereocenters. The van der Waals surface area contributed by atoms with Gasteiger partial charge in [-0.15, -0.1) is 0 Å². The van der Waals surface area contributed by atoms with Gasteiger partial charge in [0.2, 0.25) is 0 Å². The second-order valence-corrected chi connectivity index (χ2v) is 2.27. The van der Waals surface area contributed by atoms with E-state index < -0.39 is 0 Å². The van der Waals surface area contributed by atoms with Crippen molar-refractivity contribution in [2.75, 3.05) is 0 Å². The minimum Gasteiger partial charge on any atom is -0.506 e. The monoisotopic (exact) mass is 146 g/mol. The number of benzene rings is 1. The SMILES string of the molecule is [2H]c1ccc2cccnc2c1O. The lowest BCUT2D eigenvalue weighted by Crippen LogP contribution is -1.76. The van der Waals surface area contributed by atoms with Crippen molar-refractivity contribution in [2.24, 2.45) is 0 Å². The molecule has 0 bridgehead atoms. The maximum atomic E-state index is 9.41. The minimum absolute atomic E-state index is 0.0481. The molecule has 1 heterocycles. The molecule has 0 spiro atoms. The molecule has 2 aromatic rings. The number of phenolic OH excluding ortho intramolecular Hbond substituents is 1. The van der Waals surface area contributed by atoms with Crippen molar-refractivity contribution >= 4 is 10.9 Å². The Hall–Kier alpha value is -1.57. The summed E-state index contributed by atoms with van der Waals surface area (Å²) in [5.74, 6) is -0.0481. The quantitative estimate of drug-likeness (QED) is 0.616. The Morgan fingerprint density at radius 1 is 1.36 bits per heavy atom. The molecule has 1 aromatic heterocycles. The van der Waals surface area contributed by atoms with Gasteiger partial charge in [-0.05, 0) is 12.1 Å². The van der Waals surface area contributed by atoms with Gasteiger partial charge in [0, 0.05) is 11.6 Å². The molecule has 1 aromatic carbocycles. The van der Waals surface area contributed by atoms with Crippen LogP contribution in [0.15, 0.2) is 36.5 Å². The molecule has 2 rings (SSSR count). The second-order valence-electron chi connectivity index (χ2n) is 2.27. The van der Waals surface area contributed by atoms with Gasteiger partial charge in [-0.2, -0.15) is 0 Å². The Morgan fingerprint density at radius 2 is 2.18 bits per heavy atom. The fraction of sp³-hybridized carbons (Fsp3) is 0. The first kappa shape index (κ1) is 5.13. The van der Waals surface area contributed by atoms with Crippen LogP contribution >= 0.6 is 0 Å². The molecule has 0 radical (unpaired) electrons. The average Bonchev–Trinajstić information content (AvgIpc) is 2.12. The van der Waals surface area contributed by atoms with Crippen molar-refractivity contribution in [3.8, 4) is 5.75 Å². The van der Waals surface area contributed by atoms with Crippen LogP contribution in [0, 0.1) is 0 Å². The molecule has 0 amide bonds. The van der Waals surface area contributed by atoms with Gasteiger partial charge in [-0.1, -0.05) is 18.2 Å². The summed E-state index contributed by atoms with van der Waals surface area (Å²) in [5, 5.41) is 10.3. The van der Waals surface area contributed by atoms with Crippen molar-refractivity contribution < 1.29 is 6.48 Å². The number of aromatic hydroxyl groups is 1. The van der Waals surface area contributed by atoms with E-state index in [2.05, 4.69) is 4.98 Å². The lowest BCUT2D eigenvalue weighted by molar-refractivity contribution is 0.480. The van der Waals surface area contributed by atoms with Gasteiger partial charge in [-0.25, -0.2) is 0 Å². The molecule has 1 N–H and O–H groups in total. The predicted molar refractivity (Wildman–Crippen MR) is 43.4 cm³/mol. The highest BCUT2D eigenvalue weighted by atomic mass is 16.3. The highest BCUT2D eigenvalue weighted by molar-refractivity contribution is 5.83. The van der Waals surface area contributed by atoms with E-state index in [1.807, 2.05) is 6.07 Å². The van der Waals surface area contributed by atoms with Crippen LogP contribution in [0.5, 0.6) is 5.75 Å². The van der Waals surface area contributed by atoms with E-state index in [1.54, 1.807) is 24.4 Å². The van der Waals surface area contributed by atoms with Crippen LogP contribution < -0.4 is 0 Å². The molecule has 2 nitrogen and oxygen atoms in total. The Kier molecular flexibility index (Phi) is 1.04. The summed E-state index contributed by atoms with van der Waals surface area (Å²) in [6.45, 7) is 0. The number of rotatable bonds is 0.